The van der Waals surface area contributed by atoms with Crippen molar-refractivity contribution >= 4 is 53.0 Å². The highest BCUT2D eigenvalue weighted by Crippen LogP contribution is 2.24. The first-order chi connectivity index (χ1) is 19.6. The first-order valence-electron chi connectivity index (χ1n) is 12.1. The van der Waals surface area contributed by atoms with E-state index >= 15 is 0 Å². The number of urea groups is 1. The molecule has 0 spiro atoms. The van der Waals surface area contributed by atoms with Crippen molar-refractivity contribution in [2.24, 2.45) is 22.2 Å². The molecule has 12 nitrogen and oxygen atoms in total. The van der Waals surface area contributed by atoms with Gasteiger partial charge < -0.3 is 38.3 Å². The zero-order valence-corrected chi connectivity index (χ0v) is 23.5. The summed E-state index contributed by atoms with van der Waals surface area (Å²) >= 11 is 12.3. The van der Waals surface area contributed by atoms with Crippen molar-refractivity contribution in [2.45, 2.75) is 44.6 Å². The number of primary amides is 1. The lowest BCUT2D eigenvalue weighted by Gasteiger charge is -2.19. The minimum atomic E-state index is -5.08. The van der Waals surface area contributed by atoms with Crippen LogP contribution >= 0.6 is 23.2 Å². The summed E-state index contributed by atoms with van der Waals surface area (Å²) in [4.78, 5) is 49.2. The van der Waals surface area contributed by atoms with Gasteiger partial charge >= 0.3 is 18.2 Å². The first kappa shape index (κ1) is 35.8. The first-order valence-corrected chi connectivity index (χ1v) is 12.8. The number of carbonyl (C=O) groups excluding carboxylic acids is 3. The van der Waals surface area contributed by atoms with Gasteiger partial charge in [-0.15, -0.1) is 0 Å². The predicted molar refractivity (Wildman–Crippen MR) is 150 cm³/mol. The summed E-state index contributed by atoms with van der Waals surface area (Å²) in [5, 5.41) is 16.0. The van der Waals surface area contributed by atoms with Crippen molar-refractivity contribution < 1.29 is 37.5 Å². The topological polar surface area (TPSA) is 215 Å². The number of benzene rings is 2. The van der Waals surface area contributed by atoms with Crippen molar-refractivity contribution in [3.8, 4) is 0 Å². The molecular formula is C25H30Cl2F3N7O5. The number of hydrogen-bond donors (Lipinski definition) is 7. The Labute approximate surface area is 248 Å². The van der Waals surface area contributed by atoms with E-state index in [1.54, 1.807) is 18.2 Å². The van der Waals surface area contributed by atoms with Crippen molar-refractivity contribution in [1.82, 2.24) is 16.0 Å². The summed E-state index contributed by atoms with van der Waals surface area (Å²) in [5.41, 5.74) is 18.0. The van der Waals surface area contributed by atoms with Crippen molar-refractivity contribution in [2.75, 3.05) is 6.54 Å². The van der Waals surface area contributed by atoms with Crippen molar-refractivity contribution in [3.63, 3.8) is 0 Å². The van der Waals surface area contributed by atoms with Gasteiger partial charge in [-0.1, -0.05) is 53.5 Å². The van der Waals surface area contributed by atoms with Gasteiger partial charge in [-0.05, 0) is 41.7 Å². The number of carboxylic acid groups (broad SMARTS) is 1. The number of nitrogens with one attached hydrogen (secondary N) is 3. The number of rotatable bonds is 12. The summed E-state index contributed by atoms with van der Waals surface area (Å²) in [6.07, 6.45) is -4.36. The van der Waals surface area contributed by atoms with E-state index in [1.165, 1.54) is 0 Å². The van der Waals surface area contributed by atoms with Gasteiger partial charge in [0.1, 0.15) is 6.04 Å². The van der Waals surface area contributed by atoms with Crippen LogP contribution < -0.4 is 33.2 Å². The highest BCUT2D eigenvalue weighted by atomic mass is 35.5. The number of aliphatic imine (C=N–C) groups is 1. The largest absolute Gasteiger partial charge is 0.490 e. The third-order valence-corrected chi connectivity index (χ3v) is 5.90. The van der Waals surface area contributed by atoms with E-state index in [9.17, 15) is 27.6 Å². The molecule has 42 heavy (non-hydrogen) atoms. The number of hydrogen-bond acceptors (Lipinski definition) is 5. The molecular weight excluding hydrogens is 606 g/mol. The monoisotopic (exact) mass is 635 g/mol. The van der Waals surface area contributed by atoms with Crippen LogP contribution in [0, 0.1) is 0 Å². The van der Waals surface area contributed by atoms with Crippen LogP contribution in [0.1, 0.15) is 29.5 Å². The molecule has 10 N–H and O–H groups in total. The average Bonchev–Trinajstić information content (AvgIpc) is 2.90. The quantitative estimate of drug-likeness (QED) is 0.105. The Balaban J connectivity index is 0.00000112. The number of nitrogens with zero attached hydrogens (tertiary/aromatic N) is 1. The molecule has 0 fully saturated rings. The van der Waals surface area contributed by atoms with Crippen LogP contribution in [0.5, 0.6) is 0 Å². The van der Waals surface area contributed by atoms with Crippen LogP contribution in [-0.4, -0.2) is 53.6 Å². The van der Waals surface area contributed by atoms with E-state index < -0.39 is 30.1 Å². The van der Waals surface area contributed by atoms with E-state index in [1.807, 2.05) is 24.3 Å². The van der Waals surface area contributed by atoms with Crippen LogP contribution in [0.2, 0.25) is 10.0 Å². The lowest BCUT2D eigenvalue weighted by atomic mass is 10.1. The second-order valence-corrected chi connectivity index (χ2v) is 9.32. The summed E-state index contributed by atoms with van der Waals surface area (Å²) < 4.78 is 31.7. The third-order valence-electron chi connectivity index (χ3n) is 5.19. The van der Waals surface area contributed by atoms with Gasteiger partial charge in [-0.2, -0.15) is 13.2 Å². The molecule has 0 aliphatic rings. The minimum Gasteiger partial charge on any atom is -0.475 e. The van der Waals surface area contributed by atoms with Gasteiger partial charge in [-0.25, -0.2) is 9.59 Å². The second kappa shape index (κ2) is 17.5. The Morgan fingerprint density at radius 1 is 0.905 bits per heavy atom. The molecule has 0 unspecified atom stereocenters. The van der Waals surface area contributed by atoms with Crippen LogP contribution in [0.15, 0.2) is 47.5 Å². The zero-order valence-electron chi connectivity index (χ0n) is 22.0. The van der Waals surface area contributed by atoms with Gasteiger partial charge in [0.05, 0.1) is 6.42 Å². The Hall–Kier alpha value is -4.24. The molecule has 2 aromatic rings. The predicted octanol–water partition coefficient (Wildman–Crippen LogP) is 2.19. The summed E-state index contributed by atoms with van der Waals surface area (Å²) in [6, 6.07) is 10.8. The molecule has 2 rings (SSSR count). The summed E-state index contributed by atoms with van der Waals surface area (Å²) in [6.45, 7) is 0.874. The molecule has 4 amide bonds. The number of carboxylic acids is 1. The van der Waals surface area contributed by atoms with E-state index in [4.69, 9.17) is 50.3 Å². The van der Waals surface area contributed by atoms with Gasteiger partial charge in [-0.3, -0.25) is 14.6 Å². The maximum atomic E-state index is 12.9. The van der Waals surface area contributed by atoms with Crippen molar-refractivity contribution in [3.05, 3.63) is 69.2 Å². The molecule has 0 radical (unpaired) electrons. The summed E-state index contributed by atoms with van der Waals surface area (Å²) in [5.74, 6) is -3.55. The molecule has 1 atom stereocenters. The van der Waals surface area contributed by atoms with Crippen LogP contribution in [0.3, 0.4) is 0 Å². The standard InChI is InChI=1S/C23H29Cl2N7O3.C2HF3O2/c24-17-3-1-4-18(25)16(17)11-20(33)32-19(5-2-10-29-22(26)27)21(34)30-12-14-6-8-15(9-7-14)13-31-23(28)35;3-2(4,5)1(6)7/h1,3-4,6-9,19H,2,5,10-13H2,(H,30,34)(H,32,33)(H4,26,27,29)(H3,28,31,35);(H,6,7)/t19-;/m1./s1. The highest BCUT2D eigenvalue weighted by molar-refractivity contribution is 6.36. The molecule has 0 bridgehead atoms. The molecule has 0 aliphatic carbocycles. The fraction of sp³-hybridized carbons (Fsp3) is 0.320. The maximum absolute atomic E-state index is 12.9. The Bertz CT molecular complexity index is 1240. The third kappa shape index (κ3) is 14.4. The number of amides is 4. The van der Waals surface area contributed by atoms with Crippen LogP contribution in [0.4, 0.5) is 18.0 Å². The SMILES string of the molecule is NC(=O)NCc1ccc(CNC(=O)[C@@H](CCCN=C(N)N)NC(=O)Cc2c(Cl)cccc2Cl)cc1.O=C(O)C(F)(F)F. The lowest BCUT2D eigenvalue weighted by molar-refractivity contribution is -0.192. The molecule has 2 aromatic carbocycles. The Morgan fingerprint density at radius 3 is 1.86 bits per heavy atom. The van der Waals surface area contributed by atoms with Crippen LogP contribution in [0.25, 0.3) is 0 Å². The number of nitrogens with two attached hydrogens (primary N) is 3. The molecule has 0 heterocycles. The normalized spacial score (nSPS) is 11.3. The molecule has 0 aromatic heterocycles. The van der Waals surface area contributed by atoms with E-state index in [0.717, 1.165) is 11.1 Å². The minimum absolute atomic E-state index is 0.0436. The molecule has 0 aliphatic heterocycles. The van der Waals surface area contributed by atoms with Crippen LogP contribution in [-0.2, 0) is 33.9 Å². The van der Waals surface area contributed by atoms with Crippen molar-refractivity contribution in [1.29, 1.82) is 0 Å². The fourth-order valence-electron chi connectivity index (χ4n) is 3.16. The zero-order chi connectivity index (χ0) is 31.9. The number of carbonyl (C=O) groups is 4. The van der Waals surface area contributed by atoms with Gasteiger partial charge in [0.2, 0.25) is 11.8 Å². The number of aliphatic carboxylic acids is 1. The Morgan fingerprint density at radius 2 is 1.40 bits per heavy atom. The lowest BCUT2D eigenvalue weighted by Crippen LogP contribution is -2.47. The molecule has 0 saturated heterocycles. The molecule has 17 heteroatoms. The molecule has 0 saturated carbocycles. The molecule has 230 valence electrons. The number of guanidine groups is 1. The second-order valence-electron chi connectivity index (χ2n) is 8.50. The number of alkyl halides is 3. The Kier molecular flexibility index (Phi) is 15.0. The van der Waals surface area contributed by atoms with Gasteiger partial charge in [0.25, 0.3) is 0 Å². The number of halogens is 5. The van der Waals surface area contributed by atoms with Gasteiger partial charge in [0.15, 0.2) is 5.96 Å². The van der Waals surface area contributed by atoms with Gasteiger partial charge in [0, 0.05) is 29.7 Å². The highest BCUT2D eigenvalue weighted by Gasteiger charge is 2.38. The van der Waals surface area contributed by atoms with E-state index in [-0.39, 0.29) is 24.8 Å². The van der Waals surface area contributed by atoms with E-state index in [2.05, 4.69) is 20.9 Å². The smallest absolute Gasteiger partial charge is 0.475 e. The summed E-state index contributed by atoms with van der Waals surface area (Å²) in [7, 11) is 0. The van der Waals surface area contributed by atoms with E-state index in [0.29, 0.717) is 41.5 Å². The fourth-order valence-corrected chi connectivity index (χ4v) is 3.69. The maximum Gasteiger partial charge on any atom is 0.490 e. The average molecular weight is 636 g/mol.